The molecule has 7 heteroatoms. The second-order valence-corrected chi connectivity index (χ2v) is 2.46. The molecule has 76 valence electrons. The van der Waals surface area contributed by atoms with Crippen LogP contribution in [-0.2, 0) is 0 Å². The number of halogens is 3. The second-order valence-electron chi connectivity index (χ2n) is 2.24. The summed E-state index contributed by atoms with van der Waals surface area (Å²) < 4.78 is 30.3. The maximum atomic E-state index is 12.9. The third-order valence-corrected chi connectivity index (χ3v) is 1.52. The summed E-state index contributed by atoms with van der Waals surface area (Å²) in [6, 6.07) is 0.654. The van der Waals surface area contributed by atoms with Crippen LogP contribution in [0.15, 0.2) is 12.1 Å². The monoisotopic (exact) mass is 223 g/mol. The van der Waals surface area contributed by atoms with E-state index in [1.54, 1.807) is 0 Å². The van der Waals surface area contributed by atoms with Gasteiger partial charge in [-0.1, -0.05) is 11.6 Å². The molecule has 0 saturated heterocycles. The van der Waals surface area contributed by atoms with Crippen molar-refractivity contribution in [2.24, 2.45) is 0 Å². The molecule has 0 aliphatic rings. The van der Waals surface area contributed by atoms with E-state index < -0.39 is 28.0 Å². The molecule has 0 amide bonds. The third kappa shape index (κ3) is 2.08. The molecule has 0 radical (unpaired) electrons. The number of ether oxygens (including phenoxy) is 1. The van der Waals surface area contributed by atoms with E-state index in [4.69, 9.17) is 11.6 Å². The molecule has 0 aromatic heterocycles. The Labute approximate surface area is 82.2 Å². The zero-order valence-corrected chi connectivity index (χ0v) is 7.42. The van der Waals surface area contributed by atoms with Crippen molar-refractivity contribution in [2.75, 3.05) is 6.07 Å². The van der Waals surface area contributed by atoms with Gasteiger partial charge in [0.1, 0.15) is 0 Å². The highest BCUT2D eigenvalue weighted by Crippen LogP contribution is 2.26. The number of rotatable bonds is 3. The topological polar surface area (TPSA) is 52.4 Å². The minimum Gasteiger partial charge on any atom is -0.475 e. The van der Waals surface area contributed by atoms with E-state index in [0.717, 1.165) is 0 Å². The van der Waals surface area contributed by atoms with Crippen LogP contribution in [0.4, 0.5) is 14.5 Å². The van der Waals surface area contributed by atoms with Gasteiger partial charge in [-0.25, -0.2) is 4.39 Å². The quantitative estimate of drug-likeness (QED) is 0.449. The van der Waals surface area contributed by atoms with Gasteiger partial charge in [-0.3, -0.25) is 10.1 Å². The van der Waals surface area contributed by atoms with Crippen LogP contribution < -0.4 is 4.74 Å². The average molecular weight is 224 g/mol. The fraction of sp³-hybridized carbons (Fsp3) is 0.143. The first-order valence-corrected chi connectivity index (χ1v) is 3.92. The lowest BCUT2D eigenvalue weighted by atomic mass is 10.3. The molecule has 0 N–H and O–H groups in total. The van der Waals surface area contributed by atoms with Gasteiger partial charge in [0.05, 0.1) is 11.0 Å². The molecule has 1 aromatic carbocycles. The van der Waals surface area contributed by atoms with Crippen molar-refractivity contribution in [3.63, 3.8) is 0 Å². The molecule has 0 atom stereocenters. The molecular formula is C7H4ClF2NO3. The summed E-state index contributed by atoms with van der Waals surface area (Å²) in [5, 5.41) is 10.2. The lowest BCUT2D eigenvalue weighted by Gasteiger charge is -2.03. The van der Waals surface area contributed by atoms with Crippen molar-refractivity contribution < 1.29 is 18.4 Å². The van der Waals surface area contributed by atoms with Crippen molar-refractivity contribution >= 4 is 17.3 Å². The van der Waals surface area contributed by atoms with Gasteiger partial charge in [-0.05, 0) is 0 Å². The fourth-order valence-electron chi connectivity index (χ4n) is 0.827. The van der Waals surface area contributed by atoms with Crippen LogP contribution in [0, 0.1) is 21.7 Å². The Morgan fingerprint density at radius 2 is 2.07 bits per heavy atom. The van der Waals surface area contributed by atoms with Crippen molar-refractivity contribution in [3.8, 4) is 5.75 Å². The Morgan fingerprint density at radius 3 is 2.57 bits per heavy atom. The Hall–Kier alpha value is -1.43. The fourth-order valence-corrected chi connectivity index (χ4v) is 0.945. The molecular weight excluding hydrogens is 220 g/mol. The highest BCUT2D eigenvalue weighted by Gasteiger charge is 2.18. The van der Waals surface area contributed by atoms with Gasteiger partial charge in [0.25, 0.3) is 0 Å². The lowest BCUT2D eigenvalue weighted by Crippen LogP contribution is -1.98. The molecule has 14 heavy (non-hydrogen) atoms. The number of nitro groups is 1. The summed E-state index contributed by atoms with van der Waals surface area (Å²) >= 11 is 5.12. The van der Waals surface area contributed by atoms with E-state index in [9.17, 15) is 18.9 Å². The van der Waals surface area contributed by atoms with Crippen molar-refractivity contribution in [3.05, 3.63) is 33.9 Å². The molecule has 0 spiro atoms. The van der Waals surface area contributed by atoms with Crippen molar-refractivity contribution in [1.82, 2.24) is 0 Å². The van der Waals surface area contributed by atoms with E-state index in [0.29, 0.717) is 12.1 Å². The number of benzene rings is 1. The Kier molecular flexibility index (Phi) is 3.19. The molecule has 0 heterocycles. The van der Waals surface area contributed by atoms with Crippen molar-refractivity contribution in [2.45, 2.75) is 0 Å². The standard InChI is InChI=1S/C7H4ClF2NO3/c8-3-14-7-2-4(9)6(11(12)13)1-5(7)10/h1-2H,3H2. The van der Waals surface area contributed by atoms with Crippen LogP contribution in [0.3, 0.4) is 0 Å². The molecule has 0 fully saturated rings. The average Bonchev–Trinajstić information content (AvgIpc) is 2.10. The van der Waals surface area contributed by atoms with Crippen LogP contribution in [-0.4, -0.2) is 11.0 Å². The highest BCUT2D eigenvalue weighted by molar-refractivity contribution is 6.17. The summed E-state index contributed by atoms with van der Waals surface area (Å²) in [5.74, 6) is -2.65. The predicted octanol–water partition coefficient (Wildman–Crippen LogP) is 2.45. The Morgan fingerprint density at radius 1 is 1.43 bits per heavy atom. The highest BCUT2D eigenvalue weighted by atomic mass is 35.5. The van der Waals surface area contributed by atoms with Crippen LogP contribution in [0.5, 0.6) is 5.75 Å². The van der Waals surface area contributed by atoms with E-state index in [1.807, 2.05) is 0 Å². The Bertz CT molecular complexity index is 372. The van der Waals surface area contributed by atoms with Crippen LogP contribution >= 0.6 is 11.6 Å². The molecule has 1 rings (SSSR count). The minimum absolute atomic E-state index is 0.367. The molecule has 0 aliphatic carbocycles. The molecule has 4 nitrogen and oxygen atoms in total. The van der Waals surface area contributed by atoms with Gasteiger partial charge in [0, 0.05) is 6.07 Å². The van der Waals surface area contributed by atoms with Gasteiger partial charge >= 0.3 is 5.69 Å². The Balaban J connectivity index is 3.17. The SMILES string of the molecule is O=[N+]([O-])c1cc(F)c(OCCl)cc1F. The van der Waals surface area contributed by atoms with E-state index >= 15 is 0 Å². The van der Waals surface area contributed by atoms with E-state index in [1.165, 1.54) is 0 Å². The maximum absolute atomic E-state index is 12.9. The first kappa shape index (κ1) is 10.6. The molecule has 0 saturated carbocycles. The molecule has 0 bridgehead atoms. The van der Waals surface area contributed by atoms with E-state index in [2.05, 4.69) is 4.74 Å². The largest absolute Gasteiger partial charge is 0.475 e. The van der Waals surface area contributed by atoms with Gasteiger partial charge in [-0.2, -0.15) is 4.39 Å². The molecule has 0 unspecified atom stereocenters. The smallest absolute Gasteiger partial charge is 0.307 e. The normalized spacial score (nSPS) is 9.93. The van der Waals surface area contributed by atoms with Crippen molar-refractivity contribution in [1.29, 1.82) is 0 Å². The van der Waals surface area contributed by atoms with Crippen LogP contribution in [0.2, 0.25) is 0 Å². The van der Waals surface area contributed by atoms with Gasteiger partial charge < -0.3 is 4.74 Å². The summed E-state index contributed by atoms with van der Waals surface area (Å²) in [6.45, 7) is 0. The second kappa shape index (κ2) is 4.19. The number of nitro benzene ring substituents is 1. The first-order valence-electron chi connectivity index (χ1n) is 3.38. The minimum atomic E-state index is -1.17. The van der Waals surface area contributed by atoms with Gasteiger partial charge in [0.2, 0.25) is 5.82 Å². The van der Waals surface area contributed by atoms with Gasteiger partial charge in [0.15, 0.2) is 17.6 Å². The van der Waals surface area contributed by atoms with E-state index in [-0.39, 0.29) is 6.07 Å². The lowest BCUT2D eigenvalue weighted by molar-refractivity contribution is -0.387. The van der Waals surface area contributed by atoms with Crippen LogP contribution in [0.25, 0.3) is 0 Å². The molecule has 1 aromatic rings. The number of hydrogen-bond donors (Lipinski definition) is 0. The summed E-state index contributed by atoms with van der Waals surface area (Å²) in [6.07, 6.45) is 0. The number of alkyl halides is 1. The zero-order chi connectivity index (χ0) is 10.7. The summed E-state index contributed by atoms with van der Waals surface area (Å²) in [4.78, 5) is 9.15. The molecule has 0 aliphatic heterocycles. The summed E-state index contributed by atoms with van der Waals surface area (Å²) in [5.41, 5.74) is -0.940. The number of nitrogens with zero attached hydrogens (tertiary/aromatic N) is 1. The predicted molar refractivity (Wildman–Crippen MR) is 44.4 cm³/mol. The maximum Gasteiger partial charge on any atom is 0.307 e. The zero-order valence-electron chi connectivity index (χ0n) is 6.67. The van der Waals surface area contributed by atoms with Crippen LogP contribution in [0.1, 0.15) is 0 Å². The van der Waals surface area contributed by atoms with Gasteiger partial charge in [-0.15, -0.1) is 0 Å². The third-order valence-electron chi connectivity index (χ3n) is 1.41. The first-order chi connectivity index (χ1) is 6.56. The summed E-state index contributed by atoms with van der Waals surface area (Å²) in [7, 11) is 0. The number of hydrogen-bond acceptors (Lipinski definition) is 3.